The van der Waals surface area contributed by atoms with E-state index in [1.54, 1.807) is 12.0 Å². The average molecular weight is 370 g/mol. The van der Waals surface area contributed by atoms with Crippen molar-refractivity contribution in [2.75, 3.05) is 26.8 Å². The minimum Gasteiger partial charge on any atom is -0.452 e. The van der Waals surface area contributed by atoms with Crippen molar-refractivity contribution in [2.24, 2.45) is 0 Å². The number of esters is 1. The third-order valence-corrected chi connectivity index (χ3v) is 4.23. The summed E-state index contributed by atoms with van der Waals surface area (Å²) in [6.07, 6.45) is 0. The molecule has 0 aliphatic heterocycles. The van der Waals surface area contributed by atoms with Gasteiger partial charge in [0.1, 0.15) is 0 Å². The van der Waals surface area contributed by atoms with Crippen LogP contribution in [0.2, 0.25) is 0 Å². The highest BCUT2D eigenvalue weighted by molar-refractivity contribution is 5.99. The van der Waals surface area contributed by atoms with E-state index in [2.05, 4.69) is 11.6 Å². The number of pyridine rings is 1. The number of aryl methyl sites for hydroxylation is 1. The Morgan fingerprint density at radius 2 is 1.96 bits per heavy atom. The molecule has 0 atom stereocenters. The molecule has 0 unspecified atom stereocenters. The second-order valence-electron chi connectivity index (χ2n) is 6.45. The molecule has 1 amide bonds. The molecule has 0 saturated carbocycles. The summed E-state index contributed by atoms with van der Waals surface area (Å²) in [6, 6.07) is 7.57. The molecule has 0 saturated heterocycles. The number of ether oxygens (including phenoxy) is 2. The van der Waals surface area contributed by atoms with Gasteiger partial charge in [0, 0.05) is 25.6 Å². The number of carbonyl (C=O) groups excluding carboxylic acids is 2. The van der Waals surface area contributed by atoms with Crippen LogP contribution in [0.15, 0.2) is 36.4 Å². The summed E-state index contributed by atoms with van der Waals surface area (Å²) in [4.78, 5) is 31.2. The van der Waals surface area contributed by atoms with Crippen molar-refractivity contribution in [3.8, 4) is 0 Å². The van der Waals surface area contributed by atoms with E-state index in [9.17, 15) is 9.59 Å². The second-order valence-corrected chi connectivity index (χ2v) is 6.45. The SMILES string of the molecule is C=C(C)CN(CC)C(=O)COC(=O)c1c(COC)nc2ccccc2c1C. The quantitative estimate of drug-likeness (QED) is 0.527. The number of amides is 1. The molecule has 1 aromatic heterocycles. The lowest BCUT2D eigenvalue weighted by Gasteiger charge is -2.21. The molecule has 0 aliphatic carbocycles. The molecule has 144 valence electrons. The highest BCUT2D eigenvalue weighted by atomic mass is 16.5. The van der Waals surface area contributed by atoms with Gasteiger partial charge in [-0.1, -0.05) is 30.4 Å². The lowest BCUT2D eigenvalue weighted by Crippen LogP contribution is -2.35. The lowest BCUT2D eigenvalue weighted by molar-refractivity contribution is -0.133. The fourth-order valence-electron chi connectivity index (χ4n) is 2.95. The van der Waals surface area contributed by atoms with E-state index >= 15 is 0 Å². The number of rotatable bonds is 8. The Labute approximate surface area is 159 Å². The fourth-order valence-corrected chi connectivity index (χ4v) is 2.95. The highest BCUT2D eigenvalue weighted by Crippen LogP contribution is 2.24. The molecule has 0 bridgehead atoms. The molecular formula is C21H26N2O4. The first-order valence-electron chi connectivity index (χ1n) is 8.85. The number of hydrogen-bond donors (Lipinski definition) is 0. The summed E-state index contributed by atoms with van der Waals surface area (Å²) >= 11 is 0. The first kappa shape index (κ1) is 20.6. The zero-order valence-electron chi connectivity index (χ0n) is 16.4. The molecule has 0 spiro atoms. The van der Waals surface area contributed by atoms with E-state index in [0.29, 0.717) is 24.3 Å². The van der Waals surface area contributed by atoms with Gasteiger partial charge in [-0.15, -0.1) is 0 Å². The summed E-state index contributed by atoms with van der Waals surface area (Å²) in [5, 5.41) is 0.869. The van der Waals surface area contributed by atoms with Crippen LogP contribution in [-0.4, -0.2) is 48.6 Å². The minimum atomic E-state index is -0.572. The summed E-state index contributed by atoms with van der Waals surface area (Å²) in [5.74, 6) is -0.828. The molecule has 0 N–H and O–H groups in total. The summed E-state index contributed by atoms with van der Waals surface area (Å²) in [5.41, 5.74) is 3.27. The Bertz CT molecular complexity index is 861. The standard InChI is InChI=1S/C21H26N2O4/c1-6-23(11-14(2)3)19(24)13-27-21(25)20-15(4)16-9-7-8-10-17(16)22-18(20)12-26-5/h7-10H,2,6,11-13H2,1,3-5H3. The van der Waals surface area contributed by atoms with E-state index in [1.165, 1.54) is 0 Å². The number of methoxy groups -OCH3 is 1. The zero-order valence-corrected chi connectivity index (χ0v) is 16.4. The van der Waals surface area contributed by atoms with Gasteiger partial charge >= 0.3 is 5.97 Å². The highest BCUT2D eigenvalue weighted by Gasteiger charge is 2.22. The Morgan fingerprint density at radius 3 is 2.59 bits per heavy atom. The maximum atomic E-state index is 12.7. The van der Waals surface area contributed by atoms with Gasteiger partial charge < -0.3 is 14.4 Å². The minimum absolute atomic E-state index is 0.181. The number of nitrogens with zero attached hydrogens (tertiary/aromatic N) is 2. The van der Waals surface area contributed by atoms with Gasteiger partial charge in [0.05, 0.1) is 23.4 Å². The van der Waals surface area contributed by atoms with Gasteiger partial charge in [-0.25, -0.2) is 9.78 Å². The monoisotopic (exact) mass is 370 g/mol. The van der Waals surface area contributed by atoms with Gasteiger partial charge in [0.25, 0.3) is 5.91 Å². The third kappa shape index (κ3) is 4.92. The van der Waals surface area contributed by atoms with Crippen LogP contribution in [0.1, 0.15) is 35.5 Å². The molecule has 6 heteroatoms. The van der Waals surface area contributed by atoms with Gasteiger partial charge in [0.2, 0.25) is 0 Å². The predicted octanol–water partition coefficient (Wildman–Crippen LogP) is 3.27. The molecule has 6 nitrogen and oxygen atoms in total. The summed E-state index contributed by atoms with van der Waals surface area (Å²) < 4.78 is 10.5. The fraction of sp³-hybridized carbons (Fsp3) is 0.381. The van der Waals surface area contributed by atoms with Crippen LogP contribution in [-0.2, 0) is 20.9 Å². The Hall–Kier alpha value is -2.73. The van der Waals surface area contributed by atoms with Crippen molar-refractivity contribution in [2.45, 2.75) is 27.4 Å². The first-order valence-corrected chi connectivity index (χ1v) is 8.85. The molecule has 0 aliphatic rings. The van der Waals surface area contributed by atoms with E-state index in [-0.39, 0.29) is 19.1 Å². The number of para-hydroxylation sites is 1. The lowest BCUT2D eigenvalue weighted by atomic mass is 10.0. The van der Waals surface area contributed by atoms with Crippen molar-refractivity contribution in [3.05, 3.63) is 53.2 Å². The number of likely N-dealkylation sites (N-methyl/N-ethyl adjacent to an activating group) is 1. The molecule has 2 rings (SSSR count). The first-order chi connectivity index (χ1) is 12.9. The van der Waals surface area contributed by atoms with Crippen molar-refractivity contribution in [1.29, 1.82) is 0 Å². The topological polar surface area (TPSA) is 68.7 Å². The Morgan fingerprint density at radius 1 is 1.26 bits per heavy atom. The van der Waals surface area contributed by atoms with Gasteiger partial charge in [-0.3, -0.25) is 4.79 Å². The molecule has 1 heterocycles. The predicted molar refractivity (Wildman–Crippen MR) is 105 cm³/mol. The Kier molecular flexibility index (Phi) is 7.07. The molecule has 2 aromatic rings. The summed E-state index contributed by atoms with van der Waals surface area (Å²) in [6.45, 7) is 10.2. The van der Waals surface area contributed by atoms with Crippen LogP contribution < -0.4 is 0 Å². The number of benzene rings is 1. The maximum Gasteiger partial charge on any atom is 0.340 e. The van der Waals surface area contributed by atoms with Crippen molar-refractivity contribution >= 4 is 22.8 Å². The molecule has 0 radical (unpaired) electrons. The third-order valence-electron chi connectivity index (χ3n) is 4.23. The molecule has 0 fully saturated rings. The van der Waals surface area contributed by atoms with E-state index in [0.717, 1.165) is 22.0 Å². The number of carbonyl (C=O) groups is 2. The number of hydrogen-bond acceptors (Lipinski definition) is 5. The van der Waals surface area contributed by atoms with Crippen LogP contribution in [0.3, 0.4) is 0 Å². The van der Waals surface area contributed by atoms with E-state index in [4.69, 9.17) is 9.47 Å². The van der Waals surface area contributed by atoms with Gasteiger partial charge in [0.15, 0.2) is 6.61 Å². The van der Waals surface area contributed by atoms with E-state index < -0.39 is 5.97 Å². The van der Waals surface area contributed by atoms with Crippen LogP contribution in [0.4, 0.5) is 0 Å². The normalized spacial score (nSPS) is 10.7. The van der Waals surface area contributed by atoms with E-state index in [1.807, 2.05) is 45.0 Å². The van der Waals surface area contributed by atoms with Crippen molar-refractivity contribution in [1.82, 2.24) is 9.88 Å². The molecule has 27 heavy (non-hydrogen) atoms. The average Bonchev–Trinajstić information content (AvgIpc) is 2.64. The molecule has 1 aromatic carbocycles. The van der Waals surface area contributed by atoms with Crippen molar-refractivity contribution in [3.63, 3.8) is 0 Å². The Balaban J connectivity index is 2.26. The zero-order chi connectivity index (χ0) is 20.0. The smallest absolute Gasteiger partial charge is 0.340 e. The van der Waals surface area contributed by atoms with Crippen LogP contribution in [0.5, 0.6) is 0 Å². The maximum absolute atomic E-state index is 12.7. The summed E-state index contributed by atoms with van der Waals surface area (Å²) in [7, 11) is 1.54. The second kappa shape index (κ2) is 9.28. The van der Waals surface area contributed by atoms with Crippen LogP contribution >= 0.6 is 0 Å². The van der Waals surface area contributed by atoms with Gasteiger partial charge in [-0.2, -0.15) is 0 Å². The number of fused-ring (bicyclic) bond motifs is 1. The molecular weight excluding hydrogens is 344 g/mol. The van der Waals surface area contributed by atoms with Gasteiger partial charge in [-0.05, 0) is 32.4 Å². The number of aromatic nitrogens is 1. The van der Waals surface area contributed by atoms with Crippen LogP contribution in [0.25, 0.3) is 10.9 Å². The largest absolute Gasteiger partial charge is 0.452 e. The van der Waals surface area contributed by atoms with Crippen LogP contribution in [0, 0.1) is 6.92 Å². The van der Waals surface area contributed by atoms with Crippen molar-refractivity contribution < 1.29 is 19.1 Å².